The molecule has 0 amide bonds. The molecule has 0 spiro atoms. The molecule has 7 unspecified atom stereocenters. The Morgan fingerprint density at radius 2 is 1.42 bits per heavy atom. The quantitative estimate of drug-likeness (QED) is 0.0157. The van der Waals surface area contributed by atoms with Crippen LogP contribution in [0.4, 0.5) is 0 Å². The summed E-state index contributed by atoms with van der Waals surface area (Å²) in [6.07, 6.45) is 31.0. The van der Waals surface area contributed by atoms with Gasteiger partial charge in [0.2, 0.25) is 0 Å². The van der Waals surface area contributed by atoms with E-state index < -0.39 is 38.6 Å². The van der Waals surface area contributed by atoms with Crippen molar-refractivity contribution >= 4 is 19.8 Å². The first kappa shape index (κ1) is 51.3. The van der Waals surface area contributed by atoms with Gasteiger partial charge in [0.05, 0.1) is 40.0 Å². The molecular formula is C44H79NO11P+. The third kappa shape index (κ3) is 25.4. The topological polar surface area (TPSA) is 147 Å². The van der Waals surface area contributed by atoms with E-state index >= 15 is 0 Å². The lowest BCUT2D eigenvalue weighted by atomic mass is 9.89. The van der Waals surface area contributed by atoms with E-state index in [4.69, 9.17) is 28.3 Å². The monoisotopic (exact) mass is 829 g/mol. The van der Waals surface area contributed by atoms with Crippen molar-refractivity contribution in [3.8, 4) is 0 Å². The number of carbonyl (C=O) groups excluding carboxylic acids is 2. The Hall–Kier alpha value is -1.89. The number of likely N-dealkylation sites (N-methyl/N-ethyl adjacent to an activating group) is 1. The number of phosphoric ester groups is 1. The highest BCUT2D eigenvalue weighted by Gasteiger charge is 2.49. The zero-order valence-corrected chi connectivity index (χ0v) is 37.0. The average Bonchev–Trinajstić information content (AvgIpc) is 3.77. The molecule has 1 aliphatic heterocycles. The summed E-state index contributed by atoms with van der Waals surface area (Å²) in [5, 5.41) is 10.3. The van der Waals surface area contributed by atoms with Crippen LogP contribution in [-0.4, -0.2) is 98.3 Å². The lowest BCUT2D eigenvalue weighted by molar-refractivity contribution is -0.870. The van der Waals surface area contributed by atoms with Crippen molar-refractivity contribution in [2.24, 2.45) is 11.8 Å². The average molecular weight is 829 g/mol. The van der Waals surface area contributed by atoms with Crippen molar-refractivity contribution in [1.29, 1.82) is 0 Å². The Balaban J connectivity index is 1.74. The number of quaternary nitrogens is 1. The van der Waals surface area contributed by atoms with Crippen LogP contribution in [0.25, 0.3) is 0 Å². The van der Waals surface area contributed by atoms with Crippen LogP contribution >= 0.6 is 7.82 Å². The highest BCUT2D eigenvalue weighted by Crippen LogP contribution is 2.45. The number of aliphatic hydroxyl groups excluding tert-OH is 1. The first-order valence-corrected chi connectivity index (χ1v) is 23.6. The predicted molar refractivity (Wildman–Crippen MR) is 224 cm³/mol. The lowest BCUT2D eigenvalue weighted by Gasteiger charge is -2.27. The van der Waals surface area contributed by atoms with Crippen molar-refractivity contribution < 1.29 is 56.9 Å². The maximum absolute atomic E-state index is 12.8. The van der Waals surface area contributed by atoms with E-state index in [1.54, 1.807) is 0 Å². The van der Waals surface area contributed by atoms with Gasteiger partial charge < -0.3 is 24.0 Å². The zero-order chi connectivity index (χ0) is 41.8. The SMILES string of the molecule is CC/C=C\CC(O)/C=C/C1C2CC(OO2)C1C/C=C\CCCC(=O)OC(COC(=O)CCCCCCCCCCCCCCC)COP(=O)(O)OCC[N+](C)(C)C. The smallest absolute Gasteiger partial charge is 0.462 e. The number of hydrogen-bond acceptors (Lipinski definition) is 10. The fourth-order valence-corrected chi connectivity index (χ4v) is 7.78. The summed E-state index contributed by atoms with van der Waals surface area (Å²) in [5.74, 6) is -0.514. The van der Waals surface area contributed by atoms with E-state index in [1.165, 1.54) is 64.2 Å². The number of carbonyl (C=O) groups is 2. The molecule has 7 atom stereocenters. The van der Waals surface area contributed by atoms with E-state index in [1.807, 2.05) is 45.4 Å². The molecule has 12 nitrogen and oxygen atoms in total. The molecule has 2 fully saturated rings. The highest BCUT2D eigenvalue weighted by atomic mass is 31.2. The zero-order valence-electron chi connectivity index (χ0n) is 36.1. The van der Waals surface area contributed by atoms with Gasteiger partial charge in [-0.25, -0.2) is 14.3 Å². The normalized spacial score (nSPS) is 21.8. The van der Waals surface area contributed by atoms with E-state index in [2.05, 4.69) is 26.0 Å². The van der Waals surface area contributed by atoms with Gasteiger partial charge in [0.15, 0.2) is 6.10 Å². The van der Waals surface area contributed by atoms with E-state index in [0.717, 1.165) is 38.5 Å². The predicted octanol–water partition coefficient (Wildman–Crippen LogP) is 9.49. The number of nitrogens with zero attached hydrogens (tertiary/aromatic N) is 1. The molecular weight excluding hydrogens is 749 g/mol. The lowest BCUT2D eigenvalue weighted by Crippen LogP contribution is -2.37. The Morgan fingerprint density at radius 3 is 2.07 bits per heavy atom. The Kier molecular flexibility index (Phi) is 27.1. The molecule has 0 aromatic heterocycles. The van der Waals surface area contributed by atoms with Crippen LogP contribution in [0.1, 0.15) is 149 Å². The number of rotatable bonds is 35. The third-order valence-corrected chi connectivity index (χ3v) is 11.5. The van der Waals surface area contributed by atoms with Crippen LogP contribution in [-0.2, 0) is 42.5 Å². The molecule has 0 radical (unpaired) electrons. The van der Waals surface area contributed by atoms with E-state index in [0.29, 0.717) is 30.3 Å². The van der Waals surface area contributed by atoms with Crippen LogP contribution in [0.5, 0.6) is 0 Å². The Bertz CT molecular complexity index is 1220. The second-order valence-electron chi connectivity index (χ2n) is 16.8. The molecule has 2 rings (SSSR count). The Morgan fingerprint density at radius 1 is 0.789 bits per heavy atom. The van der Waals surface area contributed by atoms with Crippen LogP contribution in [0.15, 0.2) is 36.5 Å². The minimum atomic E-state index is -4.42. The van der Waals surface area contributed by atoms with Gasteiger partial charge in [-0.3, -0.25) is 18.6 Å². The second-order valence-corrected chi connectivity index (χ2v) is 18.3. The second kappa shape index (κ2) is 30.2. The van der Waals surface area contributed by atoms with Gasteiger partial charge in [-0.1, -0.05) is 127 Å². The summed E-state index contributed by atoms with van der Waals surface area (Å²) in [6.45, 7) is 4.07. The van der Waals surface area contributed by atoms with Crippen molar-refractivity contribution in [1.82, 2.24) is 0 Å². The van der Waals surface area contributed by atoms with E-state index in [-0.39, 0.29) is 50.1 Å². The first-order chi connectivity index (χ1) is 27.3. The van der Waals surface area contributed by atoms with E-state index in [9.17, 15) is 24.2 Å². The maximum atomic E-state index is 12.8. The molecule has 2 bridgehead atoms. The molecule has 330 valence electrons. The van der Waals surface area contributed by atoms with Crippen molar-refractivity contribution in [2.45, 2.75) is 173 Å². The number of allylic oxidation sites excluding steroid dienone is 3. The van der Waals surface area contributed by atoms with Crippen LogP contribution in [0.2, 0.25) is 0 Å². The van der Waals surface area contributed by atoms with Gasteiger partial charge in [0.25, 0.3) is 0 Å². The highest BCUT2D eigenvalue weighted by molar-refractivity contribution is 7.47. The fraction of sp³-hybridized carbons (Fsp3) is 0.818. The van der Waals surface area contributed by atoms with Gasteiger partial charge in [-0.05, 0) is 38.5 Å². The largest absolute Gasteiger partial charge is 0.472 e. The molecule has 0 aromatic rings. The van der Waals surface area contributed by atoms with Crippen LogP contribution in [0, 0.1) is 11.8 Å². The molecule has 57 heavy (non-hydrogen) atoms. The number of aliphatic hydroxyl groups is 1. The molecule has 0 aromatic carbocycles. The van der Waals surface area contributed by atoms with Crippen molar-refractivity contribution in [3.63, 3.8) is 0 Å². The molecule has 13 heteroatoms. The van der Waals surface area contributed by atoms with Gasteiger partial charge in [-0.15, -0.1) is 0 Å². The summed E-state index contributed by atoms with van der Waals surface area (Å²) >= 11 is 0. The summed E-state index contributed by atoms with van der Waals surface area (Å²) in [5.41, 5.74) is 0. The third-order valence-electron chi connectivity index (χ3n) is 10.5. The standard InChI is InChI=1S/C44H78NO11P/c1-6-8-10-11-12-13-14-15-16-17-18-19-24-28-43(47)51-35-38(36-53-57(49,50)52-33-32-45(3,4)5)54-44(48)29-25-21-20-23-27-39-40(42-34-41(39)55-56-42)31-30-37(46)26-22-9-7-2/h9,20,22-23,30-31,37-42,46H,6-8,10-19,21,24-29,32-36H2,1-5H3/p+1/b22-9-,23-20-,31-30+. The minimum absolute atomic E-state index is 0.00354. The molecule has 1 aliphatic carbocycles. The Labute approximate surface area is 344 Å². The summed E-state index contributed by atoms with van der Waals surface area (Å²) in [7, 11) is 1.38. The summed E-state index contributed by atoms with van der Waals surface area (Å²) in [6, 6.07) is 0. The van der Waals surface area contributed by atoms with Crippen LogP contribution < -0.4 is 0 Å². The van der Waals surface area contributed by atoms with Crippen molar-refractivity contribution in [3.05, 3.63) is 36.5 Å². The number of ether oxygens (including phenoxy) is 2. The van der Waals surface area contributed by atoms with Gasteiger partial charge in [-0.2, -0.15) is 0 Å². The molecule has 2 aliphatic rings. The number of fused-ring (bicyclic) bond motifs is 2. The molecule has 1 heterocycles. The van der Waals surface area contributed by atoms with Gasteiger partial charge in [0, 0.05) is 31.1 Å². The number of phosphoric acid groups is 1. The maximum Gasteiger partial charge on any atom is 0.472 e. The minimum Gasteiger partial charge on any atom is -0.462 e. The van der Waals surface area contributed by atoms with Crippen molar-refractivity contribution in [2.75, 3.05) is 47.5 Å². The first-order valence-electron chi connectivity index (χ1n) is 22.1. The summed E-state index contributed by atoms with van der Waals surface area (Å²) < 4.78 is 34.4. The number of esters is 2. The molecule has 1 saturated heterocycles. The van der Waals surface area contributed by atoms with Gasteiger partial charge in [0.1, 0.15) is 25.9 Å². The molecule has 1 saturated carbocycles. The number of hydrogen-bond donors (Lipinski definition) is 2. The molecule has 2 N–H and O–H groups in total. The number of unbranched alkanes of at least 4 members (excludes halogenated alkanes) is 13. The summed E-state index contributed by atoms with van der Waals surface area (Å²) in [4.78, 5) is 46.6. The van der Waals surface area contributed by atoms with Gasteiger partial charge >= 0.3 is 19.8 Å². The van der Waals surface area contributed by atoms with Crippen LogP contribution in [0.3, 0.4) is 0 Å². The fourth-order valence-electron chi connectivity index (χ4n) is 7.04.